The summed E-state index contributed by atoms with van der Waals surface area (Å²) >= 11 is 0. The highest BCUT2D eigenvalue weighted by atomic mass is 16.5. The molecule has 2 unspecified atom stereocenters. The zero-order valence-electron chi connectivity index (χ0n) is 18.0. The molecule has 0 aromatic heterocycles. The molecule has 2 fully saturated rings. The summed E-state index contributed by atoms with van der Waals surface area (Å²) in [4.78, 5) is 36.3. The molecule has 2 N–H and O–H groups in total. The fraction of sp³-hybridized carbons (Fsp3) is 0.320. The van der Waals surface area contributed by atoms with E-state index in [9.17, 15) is 14.4 Å². The summed E-state index contributed by atoms with van der Waals surface area (Å²) in [5.74, 6) is -0.0909. The molecule has 0 bridgehead atoms. The van der Waals surface area contributed by atoms with E-state index in [2.05, 4.69) is 21.9 Å². The van der Waals surface area contributed by atoms with E-state index in [-0.39, 0.29) is 24.2 Å². The molecule has 0 radical (unpaired) electrons. The minimum Gasteiger partial charge on any atom is -0.465 e. The van der Waals surface area contributed by atoms with Gasteiger partial charge >= 0.3 is 12.1 Å². The number of nitrogens with one attached hydrogen (secondary N) is 2. The van der Waals surface area contributed by atoms with Gasteiger partial charge in [-0.2, -0.15) is 0 Å². The van der Waals surface area contributed by atoms with E-state index >= 15 is 0 Å². The highest BCUT2D eigenvalue weighted by Crippen LogP contribution is 2.52. The van der Waals surface area contributed by atoms with Crippen molar-refractivity contribution >= 4 is 29.3 Å². The van der Waals surface area contributed by atoms with Gasteiger partial charge in [0.2, 0.25) is 5.91 Å². The second-order valence-corrected chi connectivity index (χ2v) is 8.50. The smallest absolute Gasteiger partial charge is 0.411 e. The Morgan fingerprint density at radius 2 is 1.91 bits per heavy atom. The van der Waals surface area contributed by atoms with Crippen LogP contribution in [0.1, 0.15) is 24.0 Å². The van der Waals surface area contributed by atoms with Crippen LogP contribution in [0.4, 0.5) is 16.2 Å². The number of amides is 2. The third-order valence-corrected chi connectivity index (χ3v) is 6.18. The lowest BCUT2D eigenvalue weighted by Gasteiger charge is -2.24. The van der Waals surface area contributed by atoms with Crippen molar-refractivity contribution in [3.05, 3.63) is 71.8 Å². The van der Waals surface area contributed by atoms with E-state index in [1.807, 2.05) is 30.3 Å². The molecular weight excluding hydrogens is 408 g/mol. The first-order valence-corrected chi connectivity index (χ1v) is 10.5. The van der Waals surface area contributed by atoms with Crippen molar-refractivity contribution in [3.63, 3.8) is 0 Å². The Hall–Kier alpha value is -3.61. The maximum Gasteiger partial charge on any atom is 0.411 e. The molecule has 2 aromatic carbocycles. The molecule has 1 saturated carbocycles. The summed E-state index contributed by atoms with van der Waals surface area (Å²) in [6, 6.07) is 14.6. The minimum absolute atomic E-state index is 0.123. The number of rotatable bonds is 6. The lowest BCUT2D eigenvalue weighted by atomic mass is 9.75. The Balaban J connectivity index is 1.36. The van der Waals surface area contributed by atoms with Gasteiger partial charge in [-0.3, -0.25) is 14.9 Å². The van der Waals surface area contributed by atoms with Crippen LogP contribution in [0.5, 0.6) is 0 Å². The third kappa shape index (κ3) is 4.51. The van der Waals surface area contributed by atoms with Crippen LogP contribution in [0, 0.1) is 11.3 Å². The molecule has 2 atom stereocenters. The summed E-state index contributed by atoms with van der Waals surface area (Å²) in [7, 11) is 1.29. The summed E-state index contributed by atoms with van der Waals surface area (Å²) in [6.07, 6.45) is 1.74. The number of hydrogen-bond acceptors (Lipinski definition) is 5. The zero-order valence-corrected chi connectivity index (χ0v) is 18.0. The van der Waals surface area contributed by atoms with Gasteiger partial charge in [0.1, 0.15) is 0 Å². The van der Waals surface area contributed by atoms with Gasteiger partial charge in [0.15, 0.2) is 0 Å². The fourth-order valence-corrected chi connectivity index (χ4v) is 4.65. The Labute approximate surface area is 186 Å². The van der Waals surface area contributed by atoms with E-state index in [0.717, 1.165) is 23.1 Å². The van der Waals surface area contributed by atoms with E-state index in [1.165, 1.54) is 7.11 Å². The fourth-order valence-electron chi connectivity index (χ4n) is 4.65. The number of allylic oxidation sites excluding steroid dienone is 1. The van der Waals surface area contributed by atoms with Gasteiger partial charge in [0.05, 0.1) is 25.6 Å². The molecule has 166 valence electrons. The van der Waals surface area contributed by atoms with Gasteiger partial charge in [-0.15, -0.1) is 0 Å². The molecule has 2 aromatic rings. The second-order valence-electron chi connectivity index (χ2n) is 8.50. The Morgan fingerprint density at radius 3 is 2.66 bits per heavy atom. The van der Waals surface area contributed by atoms with Crippen molar-refractivity contribution < 1.29 is 23.9 Å². The summed E-state index contributed by atoms with van der Waals surface area (Å²) in [6.45, 7) is 4.56. The number of carbonyl (C=O) groups excluding carboxylic acids is 3. The van der Waals surface area contributed by atoms with E-state index in [4.69, 9.17) is 4.74 Å². The van der Waals surface area contributed by atoms with E-state index in [0.29, 0.717) is 30.8 Å². The number of benzene rings is 2. The van der Waals surface area contributed by atoms with Crippen LogP contribution in [-0.2, 0) is 31.9 Å². The molecule has 1 saturated heterocycles. The maximum atomic E-state index is 12.5. The van der Waals surface area contributed by atoms with Crippen molar-refractivity contribution in [2.75, 3.05) is 24.4 Å². The highest BCUT2D eigenvalue weighted by molar-refractivity contribution is 5.92. The number of methoxy groups -OCH3 is 1. The number of ether oxygens (including phenoxy) is 2. The Kier molecular flexibility index (Phi) is 5.99. The molecule has 1 aliphatic heterocycles. The molecule has 7 nitrogen and oxygen atoms in total. The molecule has 32 heavy (non-hydrogen) atoms. The topological polar surface area (TPSA) is 93.7 Å². The summed E-state index contributed by atoms with van der Waals surface area (Å²) in [5.41, 5.74) is 3.65. The van der Waals surface area contributed by atoms with Crippen molar-refractivity contribution in [2.45, 2.75) is 25.7 Å². The zero-order chi connectivity index (χ0) is 22.7. The van der Waals surface area contributed by atoms with Crippen molar-refractivity contribution in [1.82, 2.24) is 0 Å². The normalized spacial score (nSPS) is 21.6. The largest absolute Gasteiger partial charge is 0.465 e. The van der Waals surface area contributed by atoms with Gasteiger partial charge in [0.25, 0.3) is 0 Å². The van der Waals surface area contributed by atoms with Crippen LogP contribution in [0.2, 0.25) is 0 Å². The second kappa shape index (κ2) is 8.86. The van der Waals surface area contributed by atoms with E-state index in [1.54, 1.807) is 18.2 Å². The SMILES string of the molecule is C=C1CC2COC(=O)C2(Cc2ccc(NC(=O)Cc3cccc(NC(=O)OC)c3)cc2)C1. The van der Waals surface area contributed by atoms with Crippen LogP contribution in [0.25, 0.3) is 0 Å². The van der Waals surface area contributed by atoms with Crippen LogP contribution in [-0.4, -0.2) is 31.7 Å². The van der Waals surface area contributed by atoms with Gasteiger partial charge < -0.3 is 14.8 Å². The number of carbonyl (C=O) groups is 3. The average molecular weight is 434 g/mol. The number of anilines is 2. The lowest BCUT2D eigenvalue weighted by Crippen LogP contribution is -2.31. The first-order valence-electron chi connectivity index (χ1n) is 10.5. The third-order valence-electron chi connectivity index (χ3n) is 6.18. The number of hydrogen-bond donors (Lipinski definition) is 2. The van der Waals surface area contributed by atoms with Gasteiger partial charge in [0, 0.05) is 17.3 Å². The first-order chi connectivity index (χ1) is 15.4. The predicted molar refractivity (Wildman–Crippen MR) is 120 cm³/mol. The molecule has 1 heterocycles. The molecule has 1 aliphatic carbocycles. The predicted octanol–water partition coefficient (Wildman–Crippen LogP) is 4.10. The van der Waals surface area contributed by atoms with E-state index < -0.39 is 11.5 Å². The van der Waals surface area contributed by atoms with Crippen LogP contribution < -0.4 is 10.6 Å². The molecule has 2 amide bonds. The summed E-state index contributed by atoms with van der Waals surface area (Å²) in [5, 5.41) is 5.47. The van der Waals surface area contributed by atoms with Gasteiger partial charge in [-0.05, 0) is 54.7 Å². The van der Waals surface area contributed by atoms with Crippen LogP contribution in [0.15, 0.2) is 60.7 Å². The standard InChI is InChI=1S/C25H26N2O5/c1-16-10-19-15-32-23(29)25(19,13-16)14-17-6-8-20(9-7-17)26-22(28)12-18-4-3-5-21(11-18)27-24(30)31-2/h3-9,11,19H,1,10,12-15H2,2H3,(H,26,28)(H,27,30). The van der Waals surface area contributed by atoms with Gasteiger partial charge in [-0.1, -0.05) is 36.4 Å². The van der Waals surface area contributed by atoms with Crippen molar-refractivity contribution in [2.24, 2.45) is 11.3 Å². The summed E-state index contributed by atoms with van der Waals surface area (Å²) < 4.78 is 9.93. The monoisotopic (exact) mass is 434 g/mol. The minimum atomic E-state index is -0.565. The van der Waals surface area contributed by atoms with Crippen molar-refractivity contribution in [1.29, 1.82) is 0 Å². The van der Waals surface area contributed by atoms with Crippen LogP contribution in [0.3, 0.4) is 0 Å². The number of cyclic esters (lactones) is 1. The number of esters is 1. The molecule has 7 heteroatoms. The number of fused-ring (bicyclic) bond motifs is 1. The molecule has 2 aliphatic rings. The average Bonchev–Trinajstić information content (AvgIpc) is 3.23. The lowest BCUT2D eigenvalue weighted by molar-refractivity contribution is -0.146. The Bertz CT molecular complexity index is 1060. The molecular formula is C25H26N2O5. The maximum absolute atomic E-state index is 12.5. The van der Waals surface area contributed by atoms with Gasteiger partial charge in [-0.25, -0.2) is 4.79 Å². The Morgan fingerprint density at radius 1 is 1.12 bits per heavy atom. The molecule has 4 rings (SSSR count). The highest BCUT2D eigenvalue weighted by Gasteiger charge is 2.55. The van der Waals surface area contributed by atoms with Crippen molar-refractivity contribution in [3.8, 4) is 0 Å². The quantitative estimate of drug-likeness (QED) is 0.527. The van der Waals surface area contributed by atoms with Crippen LogP contribution >= 0.6 is 0 Å². The molecule has 0 spiro atoms. The first kappa shape index (κ1) is 21.6.